The van der Waals surface area contributed by atoms with Crippen LogP contribution in [0.2, 0.25) is 10.1 Å². The predicted molar refractivity (Wildman–Crippen MR) is 78.3 cm³/mol. The molecular formula is C16H28O2Si. The van der Waals surface area contributed by atoms with Crippen LogP contribution >= 0.6 is 0 Å². The summed E-state index contributed by atoms with van der Waals surface area (Å²) in [5, 5.41) is 0.945. The number of fused-ring (bicyclic) bond motifs is 4. The van der Waals surface area contributed by atoms with E-state index in [1.165, 1.54) is 64.2 Å². The molecule has 19 heavy (non-hydrogen) atoms. The summed E-state index contributed by atoms with van der Waals surface area (Å²) in [5.41, 5.74) is 0. The molecule has 0 spiro atoms. The second kappa shape index (κ2) is 4.08. The van der Waals surface area contributed by atoms with Crippen molar-refractivity contribution in [3.05, 3.63) is 0 Å². The highest BCUT2D eigenvalue weighted by Crippen LogP contribution is 2.75. The highest BCUT2D eigenvalue weighted by Gasteiger charge is 2.73. The van der Waals surface area contributed by atoms with E-state index in [1.54, 1.807) is 0 Å². The van der Waals surface area contributed by atoms with Gasteiger partial charge < -0.3 is 8.85 Å². The number of hydrogen-bond donors (Lipinski definition) is 0. The fourth-order valence-corrected chi connectivity index (χ4v) is 12.9. The molecule has 0 saturated heterocycles. The van der Waals surface area contributed by atoms with Gasteiger partial charge in [-0.3, -0.25) is 0 Å². The van der Waals surface area contributed by atoms with Crippen molar-refractivity contribution >= 4 is 8.56 Å². The SMILES string of the molecule is CO[Si](OC)(C12CCC(CC1)C2)C12CCC(CC1)C2. The molecule has 4 rings (SSSR count). The summed E-state index contributed by atoms with van der Waals surface area (Å²) in [4.78, 5) is 0. The van der Waals surface area contributed by atoms with Crippen LogP contribution in [0.5, 0.6) is 0 Å². The lowest BCUT2D eigenvalue weighted by Gasteiger charge is -2.52. The average Bonchev–Trinajstić information content (AvgIpc) is 3.21. The van der Waals surface area contributed by atoms with Gasteiger partial charge in [0.15, 0.2) is 0 Å². The van der Waals surface area contributed by atoms with E-state index in [0.29, 0.717) is 10.1 Å². The van der Waals surface area contributed by atoms with E-state index in [-0.39, 0.29) is 0 Å². The summed E-state index contributed by atoms with van der Waals surface area (Å²) in [6, 6.07) is 0. The molecule has 4 aliphatic carbocycles. The maximum absolute atomic E-state index is 6.41. The first-order valence-electron chi connectivity index (χ1n) is 8.30. The second-order valence-corrected chi connectivity index (χ2v) is 12.1. The Kier molecular flexibility index (Phi) is 2.76. The predicted octanol–water partition coefficient (Wildman–Crippen LogP) is 4.39. The fourth-order valence-electron chi connectivity index (χ4n) is 6.82. The molecule has 0 N–H and O–H groups in total. The zero-order valence-electron chi connectivity index (χ0n) is 12.5. The Morgan fingerprint density at radius 1 is 0.737 bits per heavy atom. The molecule has 3 heteroatoms. The standard InChI is InChI=1S/C16H28O2Si/c1-17-19(18-2,15-7-3-13(11-15)4-8-15)16-9-5-14(12-16)6-10-16/h13-14H,3-12H2,1-2H3. The molecule has 0 amide bonds. The molecule has 4 aliphatic rings. The molecule has 4 fully saturated rings. The molecule has 0 atom stereocenters. The molecule has 0 aliphatic heterocycles. The average molecular weight is 280 g/mol. The first kappa shape index (κ1) is 12.8. The third kappa shape index (κ3) is 1.40. The Labute approximate surface area is 118 Å². The van der Waals surface area contributed by atoms with Crippen LogP contribution in [-0.4, -0.2) is 22.8 Å². The van der Waals surface area contributed by atoms with Crippen molar-refractivity contribution in [2.24, 2.45) is 11.8 Å². The number of rotatable bonds is 4. The van der Waals surface area contributed by atoms with Gasteiger partial charge in [-0.15, -0.1) is 0 Å². The van der Waals surface area contributed by atoms with Crippen molar-refractivity contribution in [1.29, 1.82) is 0 Å². The Balaban J connectivity index is 1.78. The van der Waals surface area contributed by atoms with E-state index in [4.69, 9.17) is 8.85 Å². The summed E-state index contributed by atoms with van der Waals surface area (Å²) in [7, 11) is 1.87. The van der Waals surface area contributed by atoms with E-state index < -0.39 is 8.56 Å². The minimum atomic E-state index is -2.09. The summed E-state index contributed by atoms with van der Waals surface area (Å²) in [6.45, 7) is 0. The van der Waals surface area contributed by atoms with Gasteiger partial charge in [0.2, 0.25) is 0 Å². The fraction of sp³-hybridized carbons (Fsp3) is 1.00. The molecule has 108 valence electrons. The molecule has 4 saturated carbocycles. The molecule has 0 aromatic carbocycles. The van der Waals surface area contributed by atoms with Gasteiger partial charge in [-0.1, -0.05) is 25.7 Å². The molecule has 4 bridgehead atoms. The third-order valence-electron chi connectivity index (χ3n) is 7.45. The van der Waals surface area contributed by atoms with Crippen molar-refractivity contribution in [3.8, 4) is 0 Å². The Hall–Kier alpha value is 0.137. The Morgan fingerprint density at radius 2 is 1.11 bits per heavy atom. The first-order valence-corrected chi connectivity index (χ1v) is 10.1. The van der Waals surface area contributed by atoms with Gasteiger partial charge in [-0.25, -0.2) is 0 Å². The molecule has 2 nitrogen and oxygen atoms in total. The largest absolute Gasteiger partial charge is 0.397 e. The topological polar surface area (TPSA) is 18.5 Å². The minimum Gasteiger partial charge on any atom is -0.397 e. The monoisotopic (exact) mass is 280 g/mol. The van der Waals surface area contributed by atoms with E-state index in [2.05, 4.69) is 0 Å². The third-order valence-corrected chi connectivity index (χ3v) is 12.8. The zero-order valence-corrected chi connectivity index (χ0v) is 13.5. The molecule has 0 aromatic rings. The zero-order chi connectivity index (χ0) is 13.1. The van der Waals surface area contributed by atoms with E-state index >= 15 is 0 Å². The van der Waals surface area contributed by atoms with Crippen LogP contribution in [0.1, 0.15) is 64.2 Å². The molecular weight excluding hydrogens is 252 g/mol. The summed E-state index contributed by atoms with van der Waals surface area (Å²) in [6.07, 6.45) is 14.2. The van der Waals surface area contributed by atoms with Gasteiger partial charge in [0.1, 0.15) is 0 Å². The van der Waals surface area contributed by atoms with Crippen LogP contribution in [0.15, 0.2) is 0 Å². The lowest BCUT2D eigenvalue weighted by atomic mass is 9.99. The van der Waals surface area contributed by atoms with Crippen molar-refractivity contribution in [1.82, 2.24) is 0 Å². The maximum atomic E-state index is 6.41. The van der Waals surface area contributed by atoms with Gasteiger partial charge in [0.25, 0.3) is 0 Å². The Bertz CT molecular complexity index is 329. The van der Waals surface area contributed by atoms with Crippen molar-refractivity contribution < 1.29 is 8.85 Å². The van der Waals surface area contributed by atoms with Gasteiger partial charge >= 0.3 is 8.56 Å². The smallest absolute Gasteiger partial charge is 0.350 e. The van der Waals surface area contributed by atoms with E-state index in [1.807, 2.05) is 14.2 Å². The number of hydrogen-bond acceptors (Lipinski definition) is 2. The van der Waals surface area contributed by atoms with E-state index in [9.17, 15) is 0 Å². The van der Waals surface area contributed by atoms with Gasteiger partial charge in [-0.05, 0) is 50.4 Å². The molecule has 0 unspecified atom stereocenters. The van der Waals surface area contributed by atoms with Crippen LogP contribution in [0, 0.1) is 11.8 Å². The van der Waals surface area contributed by atoms with Crippen LogP contribution in [0.25, 0.3) is 0 Å². The highest BCUT2D eigenvalue weighted by atomic mass is 28.4. The van der Waals surface area contributed by atoms with Crippen molar-refractivity contribution in [2.45, 2.75) is 74.3 Å². The van der Waals surface area contributed by atoms with Gasteiger partial charge in [-0.2, -0.15) is 0 Å². The second-order valence-electron chi connectivity index (χ2n) is 7.88. The summed E-state index contributed by atoms with van der Waals surface area (Å²) >= 11 is 0. The molecule has 0 aromatic heterocycles. The maximum Gasteiger partial charge on any atom is 0.350 e. The van der Waals surface area contributed by atoms with Crippen molar-refractivity contribution in [2.75, 3.05) is 14.2 Å². The van der Waals surface area contributed by atoms with Crippen LogP contribution in [-0.2, 0) is 8.85 Å². The van der Waals surface area contributed by atoms with Crippen LogP contribution < -0.4 is 0 Å². The summed E-state index contributed by atoms with van der Waals surface area (Å²) < 4.78 is 12.8. The lowest BCUT2D eigenvalue weighted by Crippen LogP contribution is -2.59. The van der Waals surface area contributed by atoms with Crippen LogP contribution in [0.3, 0.4) is 0 Å². The normalized spacial score (nSPS) is 48.3. The Morgan fingerprint density at radius 3 is 1.32 bits per heavy atom. The van der Waals surface area contributed by atoms with E-state index in [0.717, 1.165) is 11.8 Å². The lowest BCUT2D eigenvalue weighted by molar-refractivity contribution is 0.161. The summed E-state index contributed by atoms with van der Waals surface area (Å²) in [5.74, 6) is 1.99. The first-order chi connectivity index (χ1) is 9.19. The van der Waals surface area contributed by atoms with Gasteiger partial charge in [0, 0.05) is 24.3 Å². The minimum absolute atomic E-state index is 0.473. The molecule has 0 heterocycles. The van der Waals surface area contributed by atoms with Crippen LogP contribution in [0.4, 0.5) is 0 Å². The highest BCUT2D eigenvalue weighted by molar-refractivity contribution is 6.74. The quantitative estimate of drug-likeness (QED) is 0.711. The molecule has 0 radical (unpaired) electrons. The van der Waals surface area contributed by atoms with Gasteiger partial charge in [0.05, 0.1) is 0 Å². The van der Waals surface area contributed by atoms with Crippen molar-refractivity contribution in [3.63, 3.8) is 0 Å².